The first-order valence-electron chi connectivity index (χ1n) is 4.64. The normalized spacial score (nSPS) is 11.9. The van der Waals surface area contributed by atoms with E-state index in [0.717, 1.165) is 18.2 Å². The molecule has 0 saturated heterocycles. The molecular formula is C11H10ClF3O. The number of rotatable bonds is 2. The molecule has 0 amide bonds. The van der Waals surface area contributed by atoms with Crippen molar-refractivity contribution in [2.24, 2.45) is 5.92 Å². The van der Waals surface area contributed by atoms with E-state index in [-0.39, 0.29) is 22.3 Å². The first-order valence-corrected chi connectivity index (χ1v) is 5.02. The van der Waals surface area contributed by atoms with E-state index in [1.807, 2.05) is 0 Å². The fourth-order valence-electron chi connectivity index (χ4n) is 1.20. The van der Waals surface area contributed by atoms with Gasteiger partial charge in [-0.15, -0.1) is 0 Å². The summed E-state index contributed by atoms with van der Waals surface area (Å²) in [7, 11) is 0. The number of hydrogen-bond acceptors (Lipinski definition) is 1. The molecule has 1 rings (SSSR count). The zero-order chi connectivity index (χ0) is 12.5. The van der Waals surface area contributed by atoms with Gasteiger partial charge in [-0.25, -0.2) is 0 Å². The number of ketones is 1. The molecule has 0 saturated carbocycles. The molecule has 1 nitrogen and oxygen atoms in total. The number of hydrogen-bond donors (Lipinski definition) is 0. The predicted molar refractivity (Wildman–Crippen MR) is 55.6 cm³/mol. The summed E-state index contributed by atoms with van der Waals surface area (Å²) in [6.45, 7) is 3.33. The SMILES string of the molecule is CC(C)C(=O)c1ccc(C(F)(F)F)cc1Cl. The van der Waals surface area contributed by atoms with Gasteiger partial charge < -0.3 is 0 Å². The third kappa shape index (κ3) is 2.76. The Morgan fingerprint density at radius 3 is 2.25 bits per heavy atom. The van der Waals surface area contributed by atoms with Gasteiger partial charge in [0.05, 0.1) is 10.6 Å². The third-order valence-electron chi connectivity index (χ3n) is 2.09. The van der Waals surface area contributed by atoms with Crippen LogP contribution >= 0.6 is 11.6 Å². The van der Waals surface area contributed by atoms with Crippen LogP contribution in [0.25, 0.3) is 0 Å². The van der Waals surface area contributed by atoms with Crippen molar-refractivity contribution < 1.29 is 18.0 Å². The van der Waals surface area contributed by atoms with Gasteiger partial charge in [-0.1, -0.05) is 25.4 Å². The van der Waals surface area contributed by atoms with E-state index in [2.05, 4.69) is 0 Å². The van der Waals surface area contributed by atoms with Crippen molar-refractivity contribution in [1.29, 1.82) is 0 Å². The number of carbonyl (C=O) groups is 1. The summed E-state index contributed by atoms with van der Waals surface area (Å²) in [6, 6.07) is 2.76. The van der Waals surface area contributed by atoms with E-state index in [1.54, 1.807) is 13.8 Å². The maximum atomic E-state index is 12.3. The van der Waals surface area contributed by atoms with Crippen LogP contribution in [0.3, 0.4) is 0 Å². The monoisotopic (exact) mass is 250 g/mol. The first kappa shape index (κ1) is 13.0. The van der Waals surface area contributed by atoms with Crippen LogP contribution in [0.2, 0.25) is 5.02 Å². The zero-order valence-electron chi connectivity index (χ0n) is 8.73. The molecule has 0 N–H and O–H groups in total. The summed E-state index contributed by atoms with van der Waals surface area (Å²) in [5.41, 5.74) is -0.720. The maximum Gasteiger partial charge on any atom is 0.416 e. The largest absolute Gasteiger partial charge is 0.416 e. The molecule has 88 valence electrons. The predicted octanol–water partition coefficient (Wildman–Crippen LogP) is 4.20. The molecule has 0 spiro atoms. The lowest BCUT2D eigenvalue weighted by Gasteiger charge is -2.10. The second-order valence-electron chi connectivity index (χ2n) is 3.71. The molecule has 1 aromatic carbocycles. The van der Waals surface area contributed by atoms with E-state index >= 15 is 0 Å². The van der Waals surface area contributed by atoms with Crippen molar-refractivity contribution in [3.63, 3.8) is 0 Å². The summed E-state index contributed by atoms with van der Waals surface area (Å²) >= 11 is 5.65. The molecule has 0 aliphatic rings. The third-order valence-corrected chi connectivity index (χ3v) is 2.40. The molecule has 0 heterocycles. The minimum Gasteiger partial charge on any atom is -0.294 e. The lowest BCUT2D eigenvalue weighted by atomic mass is 10.00. The van der Waals surface area contributed by atoms with E-state index in [0.29, 0.717) is 0 Å². The summed E-state index contributed by atoms with van der Waals surface area (Å²) in [6.07, 6.45) is -4.44. The van der Waals surface area contributed by atoms with Crippen LogP contribution in [-0.4, -0.2) is 5.78 Å². The second-order valence-corrected chi connectivity index (χ2v) is 4.12. The standard InChI is InChI=1S/C11H10ClF3O/c1-6(2)10(16)8-4-3-7(5-9(8)12)11(13,14)15/h3-6H,1-2H3. The highest BCUT2D eigenvalue weighted by atomic mass is 35.5. The molecule has 5 heteroatoms. The molecule has 0 aliphatic carbocycles. The number of halogens is 4. The maximum absolute atomic E-state index is 12.3. The number of Topliss-reactive ketones (excluding diaryl/α,β-unsaturated/α-hetero) is 1. The number of alkyl halides is 3. The van der Waals surface area contributed by atoms with Crippen LogP contribution in [-0.2, 0) is 6.18 Å². The Kier molecular flexibility index (Phi) is 3.63. The van der Waals surface area contributed by atoms with Gasteiger partial charge in [0.15, 0.2) is 5.78 Å². The van der Waals surface area contributed by atoms with Crippen molar-refractivity contribution in [2.45, 2.75) is 20.0 Å². The molecule has 0 aromatic heterocycles. The second kappa shape index (κ2) is 4.45. The summed E-state index contributed by atoms with van der Waals surface area (Å²) in [5, 5.41) is -0.159. The van der Waals surface area contributed by atoms with Gasteiger partial charge in [-0.3, -0.25) is 4.79 Å². The average molecular weight is 251 g/mol. The molecule has 0 radical (unpaired) electrons. The Balaban J connectivity index is 3.15. The quantitative estimate of drug-likeness (QED) is 0.719. The highest BCUT2D eigenvalue weighted by Crippen LogP contribution is 2.32. The lowest BCUT2D eigenvalue weighted by molar-refractivity contribution is -0.137. The fraction of sp³-hybridized carbons (Fsp3) is 0.364. The summed E-state index contributed by atoms with van der Waals surface area (Å²) < 4.78 is 36.9. The van der Waals surface area contributed by atoms with E-state index < -0.39 is 11.7 Å². The Labute approximate surface area is 96.2 Å². The van der Waals surface area contributed by atoms with Crippen molar-refractivity contribution in [3.8, 4) is 0 Å². The lowest BCUT2D eigenvalue weighted by Crippen LogP contribution is -2.10. The van der Waals surface area contributed by atoms with Gasteiger partial charge in [0.25, 0.3) is 0 Å². The summed E-state index contributed by atoms with van der Waals surface area (Å²) in [4.78, 5) is 11.6. The highest BCUT2D eigenvalue weighted by Gasteiger charge is 2.31. The van der Waals surface area contributed by atoms with Crippen LogP contribution in [0, 0.1) is 5.92 Å². The van der Waals surface area contributed by atoms with Gasteiger partial charge in [0.2, 0.25) is 0 Å². The molecule has 0 atom stereocenters. The van der Waals surface area contributed by atoms with Crippen molar-refractivity contribution >= 4 is 17.4 Å². The molecule has 1 aromatic rings. The van der Waals surface area contributed by atoms with Gasteiger partial charge in [-0.2, -0.15) is 13.2 Å². The van der Waals surface area contributed by atoms with Crippen LogP contribution in [0.5, 0.6) is 0 Å². The number of benzene rings is 1. The minimum absolute atomic E-state index is 0.129. The highest BCUT2D eigenvalue weighted by molar-refractivity contribution is 6.34. The van der Waals surface area contributed by atoms with Crippen molar-refractivity contribution in [3.05, 3.63) is 34.3 Å². The van der Waals surface area contributed by atoms with Crippen LogP contribution in [0.1, 0.15) is 29.8 Å². The molecule has 16 heavy (non-hydrogen) atoms. The van der Waals surface area contributed by atoms with Gasteiger partial charge >= 0.3 is 6.18 Å². The topological polar surface area (TPSA) is 17.1 Å². The first-order chi connectivity index (χ1) is 7.23. The Bertz CT molecular complexity index is 410. The van der Waals surface area contributed by atoms with E-state index in [1.165, 1.54) is 0 Å². The Morgan fingerprint density at radius 2 is 1.88 bits per heavy atom. The van der Waals surface area contributed by atoms with E-state index in [9.17, 15) is 18.0 Å². The van der Waals surface area contributed by atoms with Crippen LogP contribution < -0.4 is 0 Å². The van der Waals surface area contributed by atoms with Gasteiger partial charge in [0.1, 0.15) is 0 Å². The summed E-state index contributed by atoms with van der Waals surface area (Å²) in [5.74, 6) is -0.562. The van der Waals surface area contributed by atoms with Crippen molar-refractivity contribution in [1.82, 2.24) is 0 Å². The fourth-order valence-corrected chi connectivity index (χ4v) is 1.48. The number of carbonyl (C=O) groups excluding carboxylic acids is 1. The van der Waals surface area contributed by atoms with Crippen LogP contribution in [0.4, 0.5) is 13.2 Å². The molecule has 0 bridgehead atoms. The Hall–Kier alpha value is -1.03. The zero-order valence-corrected chi connectivity index (χ0v) is 9.49. The van der Waals surface area contributed by atoms with Gasteiger partial charge in [-0.05, 0) is 18.2 Å². The Morgan fingerprint density at radius 1 is 1.31 bits per heavy atom. The molecule has 0 fully saturated rings. The molecular weight excluding hydrogens is 241 g/mol. The van der Waals surface area contributed by atoms with E-state index in [4.69, 9.17) is 11.6 Å². The van der Waals surface area contributed by atoms with Crippen molar-refractivity contribution in [2.75, 3.05) is 0 Å². The molecule has 0 unspecified atom stereocenters. The smallest absolute Gasteiger partial charge is 0.294 e. The minimum atomic E-state index is -4.44. The average Bonchev–Trinajstić information content (AvgIpc) is 2.15. The molecule has 0 aliphatic heterocycles. The van der Waals surface area contributed by atoms with Gasteiger partial charge in [0, 0.05) is 11.5 Å². The van der Waals surface area contributed by atoms with Crippen LogP contribution in [0.15, 0.2) is 18.2 Å².